The van der Waals surface area contributed by atoms with Crippen molar-refractivity contribution in [2.75, 3.05) is 0 Å². The summed E-state index contributed by atoms with van der Waals surface area (Å²) in [6.45, 7) is 7.81. The van der Waals surface area contributed by atoms with E-state index >= 15 is 0 Å². The summed E-state index contributed by atoms with van der Waals surface area (Å²) in [4.78, 5) is 22.8. The molecule has 4 unspecified atom stereocenters. The van der Waals surface area contributed by atoms with Gasteiger partial charge in [-0.2, -0.15) is 0 Å². The van der Waals surface area contributed by atoms with Crippen LogP contribution in [0.15, 0.2) is 12.7 Å². The SMILES string of the molecule is C=CCC(NC(=O)NC1CCCC(C)C1C)C(=O)O. The number of carbonyl (C=O) groups is 2. The molecular weight excluding hydrogens is 244 g/mol. The molecular formula is C14H24N2O3. The van der Waals surface area contributed by atoms with Crippen molar-refractivity contribution in [3.8, 4) is 0 Å². The van der Waals surface area contributed by atoms with Gasteiger partial charge in [-0.05, 0) is 24.7 Å². The molecule has 1 aliphatic carbocycles. The number of carboxylic acid groups (broad SMARTS) is 1. The first kappa shape index (κ1) is 15.5. The van der Waals surface area contributed by atoms with Gasteiger partial charge in [0.25, 0.3) is 0 Å². The molecule has 0 aromatic carbocycles. The molecule has 5 nitrogen and oxygen atoms in total. The van der Waals surface area contributed by atoms with Crippen molar-refractivity contribution in [3.63, 3.8) is 0 Å². The lowest BCUT2D eigenvalue weighted by Crippen LogP contribution is -2.51. The minimum Gasteiger partial charge on any atom is -0.480 e. The number of amides is 2. The van der Waals surface area contributed by atoms with Crippen LogP contribution >= 0.6 is 0 Å². The summed E-state index contributed by atoms with van der Waals surface area (Å²) in [6, 6.07) is -1.18. The minimum absolute atomic E-state index is 0.127. The molecule has 0 radical (unpaired) electrons. The average Bonchev–Trinajstić information content (AvgIpc) is 2.34. The predicted octanol–water partition coefficient (Wildman–Crippen LogP) is 2.14. The molecule has 108 valence electrons. The summed E-state index contributed by atoms with van der Waals surface area (Å²) in [6.07, 6.45) is 4.96. The van der Waals surface area contributed by atoms with Crippen LogP contribution in [0.2, 0.25) is 0 Å². The number of carboxylic acids is 1. The summed E-state index contributed by atoms with van der Waals surface area (Å²) in [5.41, 5.74) is 0. The van der Waals surface area contributed by atoms with Crippen LogP contribution in [0.4, 0.5) is 4.79 Å². The normalized spacial score (nSPS) is 28.2. The monoisotopic (exact) mass is 268 g/mol. The largest absolute Gasteiger partial charge is 0.480 e. The molecule has 0 saturated heterocycles. The fourth-order valence-electron chi connectivity index (χ4n) is 2.54. The molecule has 0 heterocycles. The Hall–Kier alpha value is -1.52. The molecule has 0 spiro atoms. The minimum atomic E-state index is -1.04. The molecule has 5 heteroatoms. The quantitative estimate of drug-likeness (QED) is 0.668. The Bertz CT molecular complexity index is 344. The molecule has 0 aromatic heterocycles. The first-order valence-electron chi connectivity index (χ1n) is 6.86. The lowest BCUT2D eigenvalue weighted by molar-refractivity contribution is -0.139. The first-order valence-corrected chi connectivity index (χ1v) is 6.86. The van der Waals surface area contributed by atoms with Crippen LogP contribution in [0, 0.1) is 11.8 Å². The second kappa shape index (κ2) is 7.16. The van der Waals surface area contributed by atoms with Gasteiger partial charge < -0.3 is 15.7 Å². The number of carbonyl (C=O) groups excluding carboxylic acids is 1. The van der Waals surface area contributed by atoms with Crippen molar-refractivity contribution in [1.82, 2.24) is 10.6 Å². The third-order valence-corrected chi connectivity index (χ3v) is 4.03. The van der Waals surface area contributed by atoms with Crippen LogP contribution < -0.4 is 10.6 Å². The molecule has 1 aliphatic rings. The van der Waals surface area contributed by atoms with Crippen LogP contribution in [-0.4, -0.2) is 29.2 Å². The van der Waals surface area contributed by atoms with E-state index in [0.29, 0.717) is 11.8 Å². The highest BCUT2D eigenvalue weighted by atomic mass is 16.4. The summed E-state index contributed by atoms with van der Waals surface area (Å²) >= 11 is 0. The van der Waals surface area contributed by atoms with E-state index in [9.17, 15) is 9.59 Å². The maximum atomic E-state index is 11.8. The standard InChI is InChI=1S/C14H24N2O3/c1-4-6-12(13(17)18)16-14(19)15-11-8-5-7-9(2)10(11)3/h4,9-12H,1,5-8H2,2-3H3,(H,17,18)(H2,15,16,19). The highest BCUT2D eigenvalue weighted by Crippen LogP contribution is 2.29. The van der Waals surface area contributed by atoms with Gasteiger partial charge in [0.05, 0.1) is 0 Å². The maximum Gasteiger partial charge on any atom is 0.326 e. The van der Waals surface area contributed by atoms with E-state index in [-0.39, 0.29) is 12.5 Å². The molecule has 0 aliphatic heterocycles. The number of urea groups is 1. The number of aliphatic carboxylic acids is 1. The molecule has 1 rings (SSSR count). The van der Waals surface area contributed by atoms with Crippen molar-refractivity contribution in [1.29, 1.82) is 0 Å². The van der Waals surface area contributed by atoms with E-state index in [1.807, 2.05) is 0 Å². The van der Waals surface area contributed by atoms with Crippen molar-refractivity contribution in [3.05, 3.63) is 12.7 Å². The lowest BCUT2D eigenvalue weighted by atomic mass is 9.78. The zero-order valence-electron chi connectivity index (χ0n) is 11.7. The maximum absolute atomic E-state index is 11.8. The van der Waals surface area contributed by atoms with Gasteiger partial charge in [0.2, 0.25) is 0 Å². The fraction of sp³-hybridized carbons (Fsp3) is 0.714. The Morgan fingerprint density at radius 2 is 2.11 bits per heavy atom. The van der Waals surface area contributed by atoms with E-state index in [1.165, 1.54) is 12.5 Å². The molecule has 2 amide bonds. The Morgan fingerprint density at radius 1 is 1.42 bits per heavy atom. The van der Waals surface area contributed by atoms with Gasteiger partial charge in [-0.25, -0.2) is 9.59 Å². The molecule has 3 N–H and O–H groups in total. The van der Waals surface area contributed by atoms with Crippen LogP contribution in [-0.2, 0) is 4.79 Å². The zero-order valence-corrected chi connectivity index (χ0v) is 11.7. The molecule has 1 saturated carbocycles. The van der Waals surface area contributed by atoms with Gasteiger partial charge in [-0.1, -0.05) is 32.8 Å². The molecule has 1 fully saturated rings. The third kappa shape index (κ3) is 4.58. The van der Waals surface area contributed by atoms with Crippen molar-refractivity contribution in [2.45, 2.75) is 51.6 Å². The first-order chi connectivity index (χ1) is 8.95. The molecule has 19 heavy (non-hydrogen) atoms. The predicted molar refractivity (Wildman–Crippen MR) is 73.9 cm³/mol. The summed E-state index contributed by atoms with van der Waals surface area (Å²) < 4.78 is 0. The number of nitrogens with one attached hydrogen (secondary N) is 2. The Kier molecular flexibility index (Phi) is 5.86. The van der Waals surface area contributed by atoms with Crippen molar-refractivity contribution >= 4 is 12.0 Å². The van der Waals surface area contributed by atoms with E-state index < -0.39 is 18.0 Å². The lowest BCUT2D eigenvalue weighted by Gasteiger charge is -2.34. The smallest absolute Gasteiger partial charge is 0.326 e. The fourth-order valence-corrected chi connectivity index (χ4v) is 2.54. The summed E-state index contributed by atoms with van der Waals surface area (Å²) in [5.74, 6) is -0.0372. The highest BCUT2D eigenvalue weighted by molar-refractivity contribution is 5.82. The van der Waals surface area contributed by atoms with Gasteiger partial charge in [-0.3, -0.25) is 0 Å². The van der Waals surface area contributed by atoms with Crippen molar-refractivity contribution < 1.29 is 14.7 Å². The second-order valence-electron chi connectivity index (χ2n) is 5.41. The van der Waals surface area contributed by atoms with E-state index in [2.05, 4.69) is 31.1 Å². The average molecular weight is 268 g/mol. The van der Waals surface area contributed by atoms with Crippen LogP contribution in [0.5, 0.6) is 0 Å². The van der Waals surface area contributed by atoms with Gasteiger partial charge >= 0.3 is 12.0 Å². The summed E-state index contributed by atoms with van der Waals surface area (Å²) in [7, 11) is 0. The van der Waals surface area contributed by atoms with Gasteiger partial charge in [0, 0.05) is 6.04 Å². The topological polar surface area (TPSA) is 78.4 Å². The number of hydrogen-bond acceptors (Lipinski definition) is 2. The highest BCUT2D eigenvalue weighted by Gasteiger charge is 2.29. The number of hydrogen-bond donors (Lipinski definition) is 3. The van der Waals surface area contributed by atoms with Crippen LogP contribution in [0.25, 0.3) is 0 Å². The Morgan fingerprint density at radius 3 is 2.68 bits per heavy atom. The van der Waals surface area contributed by atoms with E-state index in [1.54, 1.807) is 0 Å². The van der Waals surface area contributed by atoms with Crippen molar-refractivity contribution in [2.24, 2.45) is 11.8 Å². The van der Waals surface area contributed by atoms with E-state index in [0.717, 1.165) is 12.8 Å². The Labute approximate surface area is 114 Å². The van der Waals surface area contributed by atoms with Crippen LogP contribution in [0.1, 0.15) is 39.5 Å². The molecule has 0 aromatic rings. The second-order valence-corrected chi connectivity index (χ2v) is 5.41. The van der Waals surface area contributed by atoms with Gasteiger partial charge in [-0.15, -0.1) is 6.58 Å². The third-order valence-electron chi connectivity index (χ3n) is 4.03. The Balaban J connectivity index is 2.49. The zero-order chi connectivity index (χ0) is 14.4. The molecule has 4 atom stereocenters. The van der Waals surface area contributed by atoms with E-state index in [4.69, 9.17) is 5.11 Å². The summed E-state index contributed by atoms with van der Waals surface area (Å²) in [5, 5.41) is 14.3. The molecule has 0 bridgehead atoms. The van der Waals surface area contributed by atoms with Gasteiger partial charge in [0.1, 0.15) is 6.04 Å². The van der Waals surface area contributed by atoms with Gasteiger partial charge in [0.15, 0.2) is 0 Å². The van der Waals surface area contributed by atoms with Crippen LogP contribution in [0.3, 0.4) is 0 Å². The number of rotatable bonds is 5.